The molecule has 180 valence electrons. The van der Waals surface area contributed by atoms with E-state index in [1.165, 1.54) is 37.6 Å². The fourth-order valence-electron chi connectivity index (χ4n) is 3.48. The van der Waals surface area contributed by atoms with Crippen molar-refractivity contribution in [3.05, 3.63) is 71.9 Å². The van der Waals surface area contributed by atoms with E-state index in [4.69, 9.17) is 25.1 Å². The van der Waals surface area contributed by atoms with Crippen molar-refractivity contribution in [2.24, 2.45) is 5.73 Å². The maximum Gasteiger partial charge on any atom is 0.253 e. The molecule has 0 spiro atoms. The number of fused-ring (bicyclic) bond motifs is 1. The van der Waals surface area contributed by atoms with Gasteiger partial charge in [-0.05, 0) is 35.9 Å². The molecule has 4 aromatic rings. The smallest absolute Gasteiger partial charge is 0.253 e. The fraction of sp³-hybridized carbons (Fsp3) is 0.125. The lowest BCUT2D eigenvalue weighted by Gasteiger charge is -2.15. The molecular weight excluding hydrogens is 467 g/mol. The molecule has 3 N–H and O–H groups in total. The summed E-state index contributed by atoms with van der Waals surface area (Å²) in [6, 6.07) is 7.47. The Bertz CT molecular complexity index is 1410. The van der Waals surface area contributed by atoms with Gasteiger partial charge in [-0.1, -0.05) is 0 Å². The Labute approximate surface area is 196 Å². The number of aliphatic hydroxyl groups excluding tert-OH is 1. The zero-order chi connectivity index (χ0) is 25.1. The second-order valence-electron chi connectivity index (χ2n) is 7.16. The van der Waals surface area contributed by atoms with Gasteiger partial charge in [0.25, 0.3) is 5.91 Å². The van der Waals surface area contributed by atoms with Crippen molar-refractivity contribution < 1.29 is 37.3 Å². The third-order valence-electron chi connectivity index (χ3n) is 5.01. The van der Waals surface area contributed by atoms with Crippen LogP contribution < -0.4 is 19.9 Å². The lowest BCUT2D eigenvalue weighted by molar-refractivity contribution is 0.0996. The second kappa shape index (κ2) is 9.85. The molecule has 1 amide bonds. The van der Waals surface area contributed by atoms with Crippen LogP contribution in [-0.4, -0.2) is 41.3 Å². The van der Waals surface area contributed by atoms with E-state index < -0.39 is 34.8 Å². The van der Waals surface area contributed by atoms with Crippen LogP contribution >= 0.6 is 0 Å². The topological polar surface area (TPSA) is 117 Å². The summed E-state index contributed by atoms with van der Waals surface area (Å²) in [5.74, 6) is -4.55. The predicted molar refractivity (Wildman–Crippen MR) is 119 cm³/mol. The first kappa shape index (κ1) is 23.8. The van der Waals surface area contributed by atoms with Gasteiger partial charge < -0.3 is 25.1 Å². The SMILES string of the molecule is COc1cc2c(Oc3c(F)cc(-c4ccnc(F)c4C(N)=O)cc3F)ccnc2cc1OCCO. The van der Waals surface area contributed by atoms with Crippen molar-refractivity contribution in [1.82, 2.24) is 9.97 Å². The molecule has 4 rings (SSSR count). The molecule has 0 saturated carbocycles. The Hall–Kier alpha value is -4.38. The number of halogens is 3. The first-order valence-electron chi connectivity index (χ1n) is 10.2. The van der Waals surface area contributed by atoms with E-state index >= 15 is 0 Å². The van der Waals surface area contributed by atoms with Crippen molar-refractivity contribution in [2.75, 3.05) is 20.3 Å². The van der Waals surface area contributed by atoms with E-state index in [9.17, 15) is 18.0 Å². The minimum absolute atomic E-state index is 0.0275. The standard InChI is InChI=1S/C24H18F3N3O5/c1-33-19-10-14-17(11-20(19)34-7-6-31)29-5-3-18(14)35-22-15(25)8-12(9-16(22)26)13-2-4-30-23(27)21(13)24(28)32/h2-5,8-11,31H,6-7H2,1H3,(H2,28,32). The summed E-state index contributed by atoms with van der Waals surface area (Å²) in [5.41, 5.74) is 4.74. The molecular formula is C24H18F3N3O5. The molecule has 35 heavy (non-hydrogen) atoms. The number of ether oxygens (including phenoxy) is 3. The molecule has 0 saturated heterocycles. The van der Waals surface area contributed by atoms with Gasteiger partial charge in [0.05, 0.1) is 19.2 Å². The third-order valence-corrected chi connectivity index (χ3v) is 5.01. The summed E-state index contributed by atoms with van der Waals surface area (Å²) in [7, 11) is 1.41. The zero-order valence-corrected chi connectivity index (χ0v) is 18.2. The molecule has 0 bridgehead atoms. The van der Waals surface area contributed by atoms with Crippen molar-refractivity contribution in [3.8, 4) is 34.1 Å². The Kier molecular flexibility index (Phi) is 6.69. The third kappa shape index (κ3) is 4.66. The summed E-state index contributed by atoms with van der Waals surface area (Å²) in [6.07, 6.45) is 2.43. The Morgan fingerprint density at radius 1 is 1.00 bits per heavy atom. The van der Waals surface area contributed by atoms with Gasteiger partial charge in [-0.25, -0.2) is 13.8 Å². The number of rotatable bonds is 8. The highest BCUT2D eigenvalue weighted by Crippen LogP contribution is 2.39. The van der Waals surface area contributed by atoms with Gasteiger partial charge in [0, 0.05) is 29.4 Å². The van der Waals surface area contributed by atoms with Crippen LogP contribution in [0.25, 0.3) is 22.0 Å². The summed E-state index contributed by atoms with van der Waals surface area (Å²) < 4.78 is 60.3. The molecule has 8 nitrogen and oxygen atoms in total. The van der Waals surface area contributed by atoms with Crippen LogP contribution in [0.4, 0.5) is 13.2 Å². The molecule has 0 fully saturated rings. The number of nitrogens with zero attached hydrogens (tertiary/aromatic N) is 2. The highest BCUT2D eigenvalue weighted by molar-refractivity contribution is 5.99. The first-order chi connectivity index (χ1) is 16.8. The number of benzene rings is 2. The van der Waals surface area contributed by atoms with Crippen molar-refractivity contribution in [2.45, 2.75) is 0 Å². The first-order valence-corrected chi connectivity index (χ1v) is 10.2. The number of primary amides is 1. The average molecular weight is 485 g/mol. The molecule has 11 heteroatoms. The van der Waals surface area contributed by atoms with Gasteiger partial charge in [-0.3, -0.25) is 9.78 Å². The monoisotopic (exact) mass is 485 g/mol. The maximum atomic E-state index is 15.0. The number of nitrogens with two attached hydrogens (primary N) is 1. The molecule has 2 aromatic carbocycles. The number of carbonyl (C=O) groups excluding carboxylic acids is 1. The van der Waals surface area contributed by atoms with Crippen LogP contribution in [0, 0.1) is 17.6 Å². The lowest BCUT2D eigenvalue weighted by atomic mass is 10.0. The summed E-state index contributed by atoms with van der Waals surface area (Å²) in [4.78, 5) is 19.2. The van der Waals surface area contributed by atoms with Crippen LogP contribution in [0.5, 0.6) is 23.0 Å². The molecule has 0 aliphatic heterocycles. The van der Waals surface area contributed by atoms with E-state index in [2.05, 4.69) is 9.97 Å². The normalized spacial score (nSPS) is 10.9. The highest BCUT2D eigenvalue weighted by atomic mass is 19.1. The minimum Gasteiger partial charge on any atom is -0.493 e. The Morgan fingerprint density at radius 2 is 1.71 bits per heavy atom. The molecule has 0 radical (unpaired) electrons. The maximum absolute atomic E-state index is 15.0. The van der Waals surface area contributed by atoms with Gasteiger partial charge in [0.2, 0.25) is 5.95 Å². The van der Waals surface area contributed by atoms with Crippen LogP contribution in [-0.2, 0) is 0 Å². The van der Waals surface area contributed by atoms with Gasteiger partial charge in [0.15, 0.2) is 28.9 Å². The Morgan fingerprint density at radius 3 is 2.37 bits per heavy atom. The van der Waals surface area contributed by atoms with Crippen molar-refractivity contribution in [1.29, 1.82) is 0 Å². The number of carbonyl (C=O) groups is 1. The minimum atomic E-state index is -1.16. The number of hydrogen-bond acceptors (Lipinski definition) is 7. The van der Waals surface area contributed by atoms with Gasteiger partial charge in [-0.2, -0.15) is 4.39 Å². The Balaban J connectivity index is 1.76. The fourth-order valence-corrected chi connectivity index (χ4v) is 3.48. The van der Waals surface area contributed by atoms with Crippen LogP contribution in [0.2, 0.25) is 0 Å². The molecule has 0 aliphatic rings. The number of hydrogen-bond donors (Lipinski definition) is 2. The van der Waals surface area contributed by atoms with Crippen LogP contribution in [0.15, 0.2) is 48.8 Å². The number of pyridine rings is 2. The van der Waals surface area contributed by atoms with Gasteiger partial charge in [0.1, 0.15) is 17.9 Å². The zero-order valence-electron chi connectivity index (χ0n) is 18.2. The quantitative estimate of drug-likeness (QED) is 0.363. The van der Waals surface area contributed by atoms with E-state index in [1.807, 2.05) is 0 Å². The number of aromatic nitrogens is 2. The molecule has 0 aliphatic carbocycles. The lowest BCUT2D eigenvalue weighted by Crippen LogP contribution is -2.15. The summed E-state index contributed by atoms with van der Waals surface area (Å²) in [6.45, 7) is -0.181. The summed E-state index contributed by atoms with van der Waals surface area (Å²) >= 11 is 0. The van der Waals surface area contributed by atoms with E-state index in [1.54, 1.807) is 0 Å². The molecule has 0 atom stereocenters. The predicted octanol–water partition coefficient (Wildman–Crippen LogP) is 3.99. The highest BCUT2D eigenvalue weighted by Gasteiger charge is 2.21. The largest absolute Gasteiger partial charge is 0.493 e. The average Bonchev–Trinajstić information content (AvgIpc) is 2.83. The molecule has 2 heterocycles. The van der Waals surface area contributed by atoms with E-state index in [-0.39, 0.29) is 30.1 Å². The van der Waals surface area contributed by atoms with Crippen molar-refractivity contribution >= 4 is 16.8 Å². The van der Waals surface area contributed by atoms with E-state index in [0.29, 0.717) is 22.4 Å². The van der Waals surface area contributed by atoms with Gasteiger partial charge >= 0.3 is 0 Å². The second-order valence-corrected chi connectivity index (χ2v) is 7.16. The summed E-state index contributed by atoms with van der Waals surface area (Å²) in [5, 5.41) is 9.37. The van der Waals surface area contributed by atoms with Crippen molar-refractivity contribution in [3.63, 3.8) is 0 Å². The number of methoxy groups -OCH3 is 1. The number of amides is 1. The molecule has 0 unspecified atom stereocenters. The van der Waals surface area contributed by atoms with Crippen LogP contribution in [0.1, 0.15) is 10.4 Å². The van der Waals surface area contributed by atoms with E-state index in [0.717, 1.165) is 18.3 Å². The van der Waals surface area contributed by atoms with Gasteiger partial charge in [-0.15, -0.1) is 0 Å². The number of aliphatic hydroxyl groups is 1. The van der Waals surface area contributed by atoms with Crippen LogP contribution in [0.3, 0.4) is 0 Å². The molecule has 2 aromatic heterocycles.